The summed E-state index contributed by atoms with van der Waals surface area (Å²) in [5, 5.41) is 0. The molecule has 0 radical (unpaired) electrons. The first-order chi connectivity index (χ1) is 5.83. The number of fused-ring (bicyclic) bond motifs is 1. The van der Waals surface area contributed by atoms with Gasteiger partial charge in [-0.3, -0.25) is 4.40 Å². The van der Waals surface area contributed by atoms with Gasteiger partial charge in [-0.1, -0.05) is 6.07 Å². The molecule has 0 aliphatic carbocycles. The van der Waals surface area contributed by atoms with Crippen LogP contribution < -0.4 is 0 Å². The summed E-state index contributed by atoms with van der Waals surface area (Å²) in [5.74, 6) is 0.666. The van der Waals surface area contributed by atoms with Crippen LogP contribution in [0, 0.1) is 0 Å². The third kappa shape index (κ3) is 1.15. The number of nitrogens with zero attached hydrogens (tertiary/aromatic N) is 2. The van der Waals surface area contributed by atoms with E-state index in [1.807, 2.05) is 28.8 Å². The van der Waals surface area contributed by atoms with Crippen LogP contribution in [0.1, 0.15) is 5.69 Å². The SMILES string of the molecule is SCc1nc(Br)n2ccccc12. The van der Waals surface area contributed by atoms with Crippen molar-refractivity contribution in [3.8, 4) is 0 Å². The first-order valence-corrected chi connectivity index (χ1v) is 4.98. The van der Waals surface area contributed by atoms with E-state index in [4.69, 9.17) is 0 Å². The average Bonchev–Trinajstić information content (AvgIpc) is 2.44. The van der Waals surface area contributed by atoms with Gasteiger partial charge in [0.25, 0.3) is 0 Å². The van der Waals surface area contributed by atoms with Crippen LogP contribution in [0.2, 0.25) is 0 Å². The first kappa shape index (κ1) is 8.13. The molecule has 0 aliphatic rings. The van der Waals surface area contributed by atoms with Crippen molar-refractivity contribution in [2.45, 2.75) is 5.75 Å². The topological polar surface area (TPSA) is 17.3 Å². The van der Waals surface area contributed by atoms with E-state index in [1.54, 1.807) is 0 Å². The second kappa shape index (κ2) is 3.11. The number of halogens is 1. The quantitative estimate of drug-likeness (QED) is 0.762. The number of aromatic nitrogens is 2. The summed E-state index contributed by atoms with van der Waals surface area (Å²) in [6.45, 7) is 0. The number of pyridine rings is 1. The van der Waals surface area contributed by atoms with Crippen molar-refractivity contribution < 1.29 is 0 Å². The molecule has 0 atom stereocenters. The summed E-state index contributed by atoms with van der Waals surface area (Å²) in [6, 6.07) is 6.00. The van der Waals surface area contributed by atoms with Crippen LogP contribution in [0.4, 0.5) is 0 Å². The average molecular weight is 243 g/mol. The lowest BCUT2D eigenvalue weighted by atomic mass is 10.3. The molecular formula is C8H7BrN2S. The molecule has 0 fully saturated rings. The van der Waals surface area contributed by atoms with Gasteiger partial charge in [-0.2, -0.15) is 12.6 Å². The van der Waals surface area contributed by atoms with Crippen molar-refractivity contribution in [3.05, 3.63) is 34.8 Å². The third-order valence-electron chi connectivity index (χ3n) is 1.73. The maximum absolute atomic E-state index is 4.31. The number of rotatable bonds is 1. The van der Waals surface area contributed by atoms with Gasteiger partial charge >= 0.3 is 0 Å². The fourth-order valence-electron chi connectivity index (χ4n) is 1.18. The number of thiol groups is 1. The summed E-state index contributed by atoms with van der Waals surface area (Å²) in [5.41, 5.74) is 2.12. The zero-order chi connectivity index (χ0) is 8.55. The highest BCUT2D eigenvalue weighted by atomic mass is 79.9. The minimum absolute atomic E-state index is 0.666. The molecule has 2 aromatic rings. The Morgan fingerprint density at radius 3 is 3.08 bits per heavy atom. The Bertz CT molecular complexity index is 410. The van der Waals surface area contributed by atoms with Gasteiger partial charge in [0.05, 0.1) is 11.2 Å². The zero-order valence-corrected chi connectivity index (χ0v) is 8.72. The predicted molar refractivity (Wildman–Crippen MR) is 55.6 cm³/mol. The highest BCUT2D eigenvalue weighted by Crippen LogP contribution is 2.17. The summed E-state index contributed by atoms with van der Waals surface area (Å²) >= 11 is 7.58. The number of imidazole rings is 1. The van der Waals surface area contributed by atoms with E-state index in [2.05, 4.69) is 33.5 Å². The highest BCUT2D eigenvalue weighted by Gasteiger charge is 2.05. The molecule has 0 saturated carbocycles. The minimum atomic E-state index is 0.666. The Kier molecular flexibility index (Phi) is 2.11. The van der Waals surface area contributed by atoms with Gasteiger partial charge in [-0.05, 0) is 28.1 Å². The molecule has 0 amide bonds. The van der Waals surface area contributed by atoms with E-state index >= 15 is 0 Å². The van der Waals surface area contributed by atoms with Gasteiger partial charge in [0, 0.05) is 11.9 Å². The molecule has 0 N–H and O–H groups in total. The molecule has 2 rings (SSSR count). The summed E-state index contributed by atoms with van der Waals surface area (Å²) in [6.07, 6.45) is 1.97. The van der Waals surface area contributed by atoms with Crippen LogP contribution >= 0.6 is 28.6 Å². The minimum Gasteiger partial charge on any atom is -0.294 e. The van der Waals surface area contributed by atoms with Crippen molar-refractivity contribution in [1.82, 2.24) is 9.38 Å². The molecule has 0 bridgehead atoms. The third-order valence-corrected chi connectivity index (χ3v) is 2.59. The Hall–Kier alpha value is -0.480. The van der Waals surface area contributed by atoms with E-state index in [0.717, 1.165) is 15.9 Å². The lowest BCUT2D eigenvalue weighted by Gasteiger charge is -1.93. The molecule has 2 nitrogen and oxygen atoms in total. The second-order valence-electron chi connectivity index (χ2n) is 2.44. The summed E-state index contributed by atoms with van der Waals surface area (Å²) in [7, 11) is 0. The predicted octanol–water partition coefficient (Wildman–Crippen LogP) is 2.53. The Balaban J connectivity index is 2.82. The van der Waals surface area contributed by atoms with Crippen LogP contribution in [-0.4, -0.2) is 9.38 Å². The Morgan fingerprint density at radius 1 is 1.50 bits per heavy atom. The van der Waals surface area contributed by atoms with Crippen LogP contribution in [0.3, 0.4) is 0 Å². The van der Waals surface area contributed by atoms with Gasteiger partial charge in [-0.15, -0.1) is 0 Å². The Morgan fingerprint density at radius 2 is 2.33 bits per heavy atom. The van der Waals surface area contributed by atoms with E-state index in [9.17, 15) is 0 Å². The molecule has 0 spiro atoms. The molecule has 62 valence electrons. The maximum Gasteiger partial charge on any atom is 0.182 e. The largest absolute Gasteiger partial charge is 0.294 e. The van der Waals surface area contributed by atoms with Gasteiger partial charge in [0.1, 0.15) is 0 Å². The van der Waals surface area contributed by atoms with Crippen molar-refractivity contribution in [1.29, 1.82) is 0 Å². The van der Waals surface area contributed by atoms with Crippen LogP contribution in [0.15, 0.2) is 29.1 Å². The highest BCUT2D eigenvalue weighted by molar-refractivity contribution is 9.10. The number of hydrogen-bond donors (Lipinski definition) is 1. The van der Waals surface area contributed by atoms with Gasteiger partial charge in [-0.25, -0.2) is 4.98 Å². The first-order valence-electron chi connectivity index (χ1n) is 3.55. The maximum atomic E-state index is 4.31. The fourth-order valence-corrected chi connectivity index (χ4v) is 1.93. The summed E-state index contributed by atoms with van der Waals surface area (Å²) < 4.78 is 2.83. The van der Waals surface area contributed by atoms with Crippen LogP contribution in [0.25, 0.3) is 5.52 Å². The molecule has 2 aromatic heterocycles. The van der Waals surface area contributed by atoms with E-state index in [-0.39, 0.29) is 0 Å². The van der Waals surface area contributed by atoms with E-state index < -0.39 is 0 Å². The molecule has 2 heterocycles. The lowest BCUT2D eigenvalue weighted by Crippen LogP contribution is -1.82. The van der Waals surface area contributed by atoms with Gasteiger partial charge in [0.15, 0.2) is 4.73 Å². The normalized spacial score (nSPS) is 10.8. The van der Waals surface area contributed by atoms with E-state index in [1.165, 1.54) is 0 Å². The lowest BCUT2D eigenvalue weighted by molar-refractivity contribution is 1.09. The molecule has 0 unspecified atom stereocenters. The van der Waals surface area contributed by atoms with Crippen molar-refractivity contribution in [3.63, 3.8) is 0 Å². The molecule has 4 heteroatoms. The molecule has 0 aromatic carbocycles. The van der Waals surface area contributed by atoms with E-state index in [0.29, 0.717) is 5.75 Å². The van der Waals surface area contributed by atoms with Gasteiger partial charge < -0.3 is 0 Å². The van der Waals surface area contributed by atoms with Crippen molar-refractivity contribution in [2.75, 3.05) is 0 Å². The van der Waals surface area contributed by atoms with Crippen LogP contribution in [-0.2, 0) is 5.75 Å². The Labute approximate surface area is 84.2 Å². The molecule has 12 heavy (non-hydrogen) atoms. The second-order valence-corrected chi connectivity index (χ2v) is 3.47. The smallest absolute Gasteiger partial charge is 0.182 e. The zero-order valence-electron chi connectivity index (χ0n) is 6.24. The van der Waals surface area contributed by atoms with Crippen molar-refractivity contribution in [2.24, 2.45) is 0 Å². The van der Waals surface area contributed by atoms with Crippen molar-refractivity contribution >= 4 is 34.1 Å². The van der Waals surface area contributed by atoms with Gasteiger partial charge in [0.2, 0.25) is 0 Å². The summed E-state index contributed by atoms with van der Waals surface area (Å²) in [4.78, 5) is 4.31. The fraction of sp³-hybridized carbons (Fsp3) is 0.125. The monoisotopic (exact) mass is 242 g/mol. The standard InChI is InChI=1S/C8H7BrN2S/c9-8-10-6(5-12)7-3-1-2-4-11(7)8/h1-4,12H,5H2. The number of hydrogen-bond acceptors (Lipinski definition) is 2. The molecular weight excluding hydrogens is 236 g/mol. The molecule has 0 saturated heterocycles. The van der Waals surface area contributed by atoms with Crippen LogP contribution in [0.5, 0.6) is 0 Å². The molecule has 0 aliphatic heterocycles.